The van der Waals surface area contributed by atoms with E-state index in [1.807, 2.05) is 57.3 Å². The van der Waals surface area contributed by atoms with E-state index in [0.717, 1.165) is 18.5 Å². The van der Waals surface area contributed by atoms with Crippen LogP contribution in [-0.2, 0) is 0 Å². The van der Waals surface area contributed by atoms with Crippen molar-refractivity contribution in [3.05, 3.63) is 42.2 Å². The molecule has 1 atom stereocenters. The zero-order valence-electron chi connectivity index (χ0n) is 15.1. The second-order valence-electron chi connectivity index (χ2n) is 6.97. The van der Waals surface area contributed by atoms with E-state index >= 15 is 0 Å². The molecule has 0 aliphatic carbocycles. The van der Waals surface area contributed by atoms with Crippen LogP contribution in [-0.4, -0.2) is 39.3 Å². The average molecular weight is 345 g/mol. The summed E-state index contributed by atoms with van der Waals surface area (Å²) in [6.07, 6.45) is 3.48. The molecule has 7 nitrogen and oxygen atoms in total. The number of carbonyl (C=O) groups excluding carboxylic acids is 1. The third-order valence-corrected chi connectivity index (χ3v) is 4.07. The Hall–Kier alpha value is -2.41. The molecule has 3 N–H and O–H groups in total. The Bertz CT molecular complexity index is 669. The highest BCUT2D eigenvalue weighted by molar-refractivity contribution is 5.74. The summed E-state index contributed by atoms with van der Waals surface area (Å²) in [4.78, 5) is 12.0. The molecule has 0 aliphatic heterocycles. The van der Waals surface area contributed by atoms with E-state index in [1.165, 1.54) is 0 Å². The van der Waals surface area contributed by atoms with Gasteiger partial charge in [0.25, 0.3) is 0 Å². The third kappa shape index (κ3) is 5.86. The monoisotopic (exact) mass is 345 g/mol. The zero-order valence-corrected chi connectivity index (χ0v) is 15.1. The van der Waals surface area contributed by atoms with Crippen LogP contribution in [0, 0.1) is 5.41 Å². The van der Waals surface area contributed by atoms with E-state index in [-0.39, 0.29) is 24.1 Å². The lowest BCUT2D eigenvalue weighted by molar-refractivity contribution is 0.148. The van der Waals surface area contributed by atoms with Gasteiger partial charge in [0.15, 0.2) is 0 Å². The molecule has 0 fully saturated rings. The van der Waals surface area contributed by atoms with E-state index in [1.54, 1.807) is 4.68 Å². The number of aromatic nitrogens is 3. The van der Waals surface area contributed by atoms with Crippen LogP contribution in [0.25, 0.3) is 5.69 Å². The first-order valence-corrected chi connectivity index (χ1v) is 8.54. The Labute approximate surface area is 148 Å². The molecule has 1 aromatic heterocycles. The molecule has 2 aromatic rings. The minimum Gasteiger partial charge on any atom is -0.396 e. The third-order valence-electron chi connectivity index (χ3n) is 4.07. The van der Waals surface area contributed by atoms with Crippen molar-refractivity contribution in [3.8, 4) is 5.69 Å². The van der Waals surface area contributed by atoms with Gasteiger partial charge >= 0.3 is 6.03 Å². The highest BCUT2D eigenvalue weighted by Gasteiger charge is 2.16. The SMILES string of the molecule is CC(NC(=O)NCCCC(C)(C)CO)c1cn(-c2ccccc2)nn1. The molecule has 136 valence electrons. The molecule has 1 unspecified atom stereocenters. The summed E-state index contributed by atoms with van der Waals surface area (Å²) in [7, 11) is 0. The van der Waals surface area contributed by atoms with Crippen LogP contribution in [0.2, 0.25) is 0 Å². The number of aliphatic hydroxyl groups is 1. The van der Waals surface area contributed by atoms with Crippen molar-refractivity contribution in [1.82, 2.24) is 25.6 Å². The van der Waals surface area contributed by atoms with E-state index in [2.05, 4.69) is 20.9 Å². The summed E-state index contributed by atoms with van der Waals surface area (Å²) < 4.78 is 1.68. The molecule has 2 rings (SSSR count). The maximum atomic E-state index is 12.0. The van der Waals surface area contributed by atoms with Gasteiger partial charge in [-0.2, -0.15) is 0 Å². The fourth-order valence-corrected chi connectivity index (χ4v) is 2.35. The molecule has 0 aliphatic rings. The molecule has 1 aromatic carbocycles. The Morgan fingerprint density at radius 2 is 2.04 bits per heavy atom. The molecule has 1 heterocycles. The van der Waals surface area contributed by atoms with Gasteiger partial charge in [-0.3, -0.25) is 0 Å². The maximum absolute atomic E-state index is 12.0. The second-order valence-corrected chi connectivity index (χ2v) is 6.97. The predicted octanol–water partition coefficient (Wildman–Crippen LogP) is 2.43. The van der Waals surface area contributed by atoms with E-state index in [4.69, 9.17) is 0 Å². The first-order valence-electron chi connectivity index (χ1n) is 8.54. The zero-order chi connectivity index (χ0) is 18.3. The van der Waals surface area contributed by atoms with Crippen LogP contribution in [0.15, 0.2) is 36.5 Å². The number of hydrogen-bond acceptors (Lipinski definition) is 4. The minimum atomic E-state index is -0.244. The number of amides is 2. The lowest BCUT2D eigenvalue weighted by Gasteiger charge is -2.21. The fraction of sp³-hybridized carbons (Fsp3) is 0.500. The number of aliphatic hydroxyl groups excluding tert-OH is 1. The Morgan fingerprint density at radius 3 is 2.72 bits per heavy atom. The topological polar surface area (TPSA) is 92.1 Å². The first kappa shape index (κ1) is 18.9. The predicted molar refractivity (Wildman–Crippen MR) is 96.4 cm³/mol. The van der Waals surface area contributed by atoms with Crippen LogP contribution in [0.4, 0.5) is 4.79 Å². The smallest absolute Gasteiger partial charge is 0.315 e. The number of hydrogen-bond donors (Lipinski definition) is 3. The molecule has 0 saturated carbocycles. The molecule has 0 spiro atoms. The van der Waals surface area contributed by atoms with Crippen molar-refractivity contribution in [1.29, 1.82) is 0 Å². The van der Waals surface area contributed by atoms with Gasteiger partial charge in [0.05, 0.1) is 17.9 Å². The van der Waals surface area contributed by atoms with Crippen LogP contribution in [0.5, 0.6) is 0 Å². The summed E-state index contributed by atoms with van der Waals surface area (Å²) in [5.74, 6) is 0. The first-order chi connectivity index (χ1) is 11.9. The lowest BCUT2D eigenvalue weighted by atomic mass is 9.89. The van der Waals surface area contributed by atoms with Crippen LogP contribution < -0.4 is 10.6 Å². The molecular weight excluding hydrogens is 318 g/mol. The van der Waals surface area contributed by atoms with Crippen LogP contribution >= 0.6 is 0 Å². The molecular formula is C18H27N5O2. The second kappa shape index (κ2) is 8.62. The summed E-state index contributed by atoms with van der Waals surface area (Å²) in [6, 6.07) is 9.22. The fourth-order valence-electron chi connectivity index (χ4n) is 2.35. The minimum absolute atomic E-state index is 0.110. The van der Waals surface area contributed by atoms with Gasteiger partial charge in [0.1, 0.15) is 5.69 Å². The Kier molecular flexibility index (Phi) is 6.52. The van der Waals surface area contributed by atoms with E-state index < -0.39 is 0 Å². The highest BCUT2D eigenvalue weighted by Crippen LogP contribution is 2.20. The summed E-state index contributed by atoms with van der Waals surface area (Å²) in [6.45, 7) is 6.59. The van der Waals surface area contributed by atoms with Gasteiger partial charge in [-0.25, -0.2) is 9.48 Å². The van der Waals surface area contributed by atoms with Crippen molar-refractivity contribution in [2.24, 2.45) is 5.41 Å². The maximum Gasteiger partial charge on any atom is 0.315 e. The van der Waals surface area contributed by atoms with Gasteiger partial charge in [-0.15, -0.1) is 5.10 Å². The summed E-state index contributed by atoms with van der Waals surface area (Å²) >= 11 is 0. The Balaban J connectivity index is 1.79. The number of urea groups is 1. The van der Waals surface area contributed by atoms with Crippen LogP contribution in [0.3, 0.4) is 0 Å². The number of nitrogens with zero attached hydrogens (tertiary/aromatic N) is 3. The molecule has 2 amide bonds. The highest BCUT2D eigenvalue weighted by atomic mass is 16.3. The van der Waals surface area contributed by atoms with Gasteiger partial charge in [-0.1, -0.05) is 37.3 Å². The Morgan fingerprint density at radius 1 is 1.32 bits per heavy atom. The number of carbonyl (C=O) groups is 1. The number of nitrogens with one attached hydrogen (secondary N) is 2. The van der Waals surface area contributed by atoms with Crippen molar-refractivity contribution in [2.45, 2.75) is 39.7 Å². The number of rotatable bonds is 8. The summed E-state index contributed by atoms with van der Waals surface area (Å²) in [5, 5.41) is 23.1. The van der Waals surface area contributed by atoms with Crippen molar-refractivity contribution < 1.29 is 9.90 Å². The average Bonchev–Trinajstić information content (AvgIpc) is 3.10. The molecule has 25 heavy (non-hydrogen) atoms. The molecule has 0 saturated heterocycles. The van der Waals surface area contributed by atoms with Crippen molar-refractivity contribution >= 4 is 6.03 Å². The number of benzene rings is 1. The number of para-hydroxylation sites is 1. The molecule has 0 radical (unpaired) electrons. The van der Waals surface area contributed by atoms with E-state index in [9.17, 15) is 9.90 Å². The quantitative estimate of drug-likeness (QED) is 0.641. The standard InChI is InChI=1S/C18H27N5O2/c1-14(20-17(25)19-11-7-10-18(2,3)13-24)16-12-23(22-21-16)15-8-5-4-6-9-15/h4-6,8-9,12,14,24H,7,10-11,13H2,1-3H3,(H2,19,20,25). The largest absolute Gasteiger partial charge is 0.396 e. The van der Waals surface area contributed by atoms with Gasteiger partial charge < -0.3 is 15.7 Å². The normalized spacial score (nSPS) is 12.6. The van der Waals surface area contributed by atoms with Crippen molar-refractivity contribution in [3.63, 3.8) is 0 Å². The van der Waals surface area contributed by atoms with Gasteiger partial charge in [0.2, 0.25) is 0 Å². The van der Waals surface area contributed by atoms with Gasteiger partial charge in [0, 0.05) is 13.2 Å². The van der Waals surface area contributed by atoms with E-state index in [0.29, 0.717) is 12.2 Å². The summed E-state index contributed by atoms with van der Waals surface area (Å²) in [5.41, 5.74) is 1.51. The molecule has 7 heteroatoms. The van der Waals surface area contributed by atoms with Crippen LogP contribution in [0.1, 0.15) is 45.3 Å². The van der Waals surface area contributed by atoms with Gasteiger partial charge in [-0.05, 0) is 37.3 Å². The molecule has 0 bridgehead atoms. The lowest BCUT2D eigenvalue weighted by Crippen LogP contribution is -2.38. The van der Waals surface area contributed by atoms with Crippen molar-refractivity contribution in [2.75, 3.05) is 13.2 Å².